The lowest BCUT2D eigenvalue weighted by Gasteiger charge is -2.37. The van der Waals surface area contributed by atoms with Gasteiger partial charge in [-0.25, -0.2) is 0 Å². The van der Waals surface area contributed by atoms with E-state index < -0.39 is 0 Å². The van der Waals surface area contributed by atoms with Gasteiger partial charge in [0.25, 0.3) is 5.91 Å². The fourth-order valence-electron chi connectivity index (χ4n) is 2.89. The first-order chi connectivity index (χ1) is 10.7. The Morgan fingerprint density at radius 2 is 1.91 bits per heavy atom. The van der Waals surface area contributed by atoms with Crippen LogP contribution < -0.4 is 5.32 Å². The maximum absolute atomic E-state index is 12.3. The summed E-state index contributed by atoms with van der Waals surface area (Å²) >= 11 is 7.20. The van der Waals surface area contributed by atoms with Crippen molar-refractivity contribution in [2.75, 3.05) is 19.8 Å². The van der Waals surface area contributed by atoms with E-state index in [4.69, 9.17) is 16.3 Å². The number of ether oxygens (including phenoxy) is 1. The fourth-order valence-corrected chi connectivity index (χ4v) is 3.85. The maximum Gasteiger partial charge on any atom is 0.261 e. The highest BCUT2D eigenvalue weighted by atomic mass is 35.5. The average molecular weight is 336 g/mol. The molecule has 1 fully saturated rings. The molecule has 1 aliphatic rings. The Morgan fingerprint density at radius 3 is 2.55 bits per heavy atom. The maximum atomic E-state index is 12.3. The van der Waals surface area contributed by atoms with Crippen LogP contribution in [0.25, 0.3) is 0 Å². The van der Waals surface area contributed by atoms with Crippen LogP contribution in [-0.4, -0.2) is 25.7 Å². The minimum atomic E-state index is -0.0568. The Labute approximate surface area is 139 Å². The predicted octanol–water partition coefficient (Wildman–Crippen LogP) is 3.88. The quantitative estimate of drug-likeness (QED) is 0.920. The number of hydrogen-bond acceptors (Lipinski definition) is 3. The summed E-state index contributed by atoms with van der Waals surface area (Å²) in [6, 6.07) is 13.9. The van der Waals surface area contributed by atoms with Crippen LogP contribution in [0, 0.1) is 0 Å². The summed E-state index contributed by atoms with van der Waals surface area (Å²) in [5, 5.41) is 3.08. The Kier molecular flexibility index (Phi) is 4.81. The van der Waals surface area contributed by atoms with Gasteiger partial charge in [-0.1, -0.05) is 41.9 Å². The van der Waals surface area contributed by atoms with Crippen molar-refractivity contribution in [2.45, 2.75) is 18.3 Å². The summed E-state index contributed by atoms with van der Waals surface area (Å²) in [5.74, 6) is -0.0568. The van der Waals surface area contributed by atoms with Crippen molar-refractivity contribution in [1.29, 1.82) is 0 Å². The summed E-state index contributed by atoms with van der Waals surface area (Å²) in [7, 11) is 0. The van der Waals surface area contributed by atoms with Crippen molar-refractivity contribution in [3.05, 3.63) is 57.2 Å². The van der Waals surface area contributed by atoms with Crippen LogP contribution in [0.4, 0.5) is 0 Å². The molecule has 1 aromatic heterocycles. The zero-order valence-corrected chi connectivity index (χ0v) is 13.8. The van der Waals surface area contributed by atoms with E-state index in [1.165, 1.54) is 16.9 Å². The molecule has 0 radical (unpaired) electrons. The van der Waals surface area contributed by atoms with Crippen LogP contribution in [0.3, 0.4) is 0 Å². The Balaban J connectivity index is 1.75. The summed E-state index contributed by atoms with van der Waals surface area (Å²) < 4.78 is 6.15. The highest BCUT2D eigenvalue weighted by Gasteiger charge is 2.34. The van der Waals surface area contributed by atoms with Crippen molar-refractivity contribution >= 4 is 28.8 Å². The number of carbonyl (C=O) groups is 1. The normalized spacial score (nSPS) is 17.1. The first-order valence-corrected chi connectivity index (χ1v) is 8.56. The van der Waals surface area contributed by atoms with Gasteiger partial charge in [0.2, 0.25) is 0 Å². The standard InChI is InChI=1S/C17H18ClNO2S/c18-15-7-6-14(22-15)16(20)19-12-17(8-10-21-11-9-17)13-4-2-1-3-5-13/h1-7H,8-12H2,(H,19,20). The number of benzene rings is 1. The van der Waals surface area contributed by atoms with Gasteiger partial charge in [0.1, 0.15) is 0 Å². The van der Waals surface area contributed by atoms with E-state index in [1.807, 2.05) is 18.2 Å². The molecule has 22 heavy (non-hydrogen) atoms. The second kappa shape index (κ2) is 6.82. The summed E-state index contributed by atoms with van der Waals surface area (Å²) in [4.78, 5) is 12.9. The summed E-state index contributed by atoms with van der Waals surface area (Å²) in [6.45, 7) is 2.08. The number of carbonyl (C=O) groups excluding carboxylic acids is 1. The largest absolute Gasteiger partial charge is 0.381 e. The molecule has 1 amide bonds. The van der Waals surface area contributed by atoms with E-state index in [-0.39, 0.29) is 11.3 Å². The molecule has 0 bridgehead atoms. The smallest absolute Gasteiger partial charge is 0.261 e. The first-order valence-electron chi connectivity index (χ1n) is 7.36. The lowest BCUT2D eigenvalue weighted by Crippen LogP contribution is -2.44. The number of thiophene rings is 1. The fraction of sp³-hybridized carbons (Fsp3) is 0.353. The number of halogens is 1. The molecule has 2 heterocycles. The van der Waals surface area contributed by atoms with Gasteiger partial charge in [-0.2, -0.15) is 0 Å². The summed E-state index contributed by atoms with van der Waals surface area (Å²) in [6.07, 6.45) is 1.84. The molecular formula is C17H18ClNO2S. The lowest BCUT2D eigenvalue weighted by molar-refractivity contribution is 0.0487. The lowest BCUT2D eigenvalue weighted by atomic mass is 9.74. The van der Waals surface area contributed by atoms with Gasteiger partial charge >= 0.3 is 0 Å². The molecular weight excluding hydrogens is 318 g/mol. The molecule has 3 rings (SSSR count). The summed E-state index contributed by atoms with van der Waals surface area (Å²) in [5.41, 5.74) is 1.22. The van der Waals surface area contributed by atoms with E-state index in [0.717, 1.165) is 26.1 Å². The number of rotatable bonds is 4. The molecule has 116 valence electrons. The van der Waals surface area contributed by atoms with E-state index in [9.17, 15) is 4.79 Å². The van der Waals surface area contributed by atoms with Gasteiger partial charge in [-0.05, 0) is 30.5 Å². The molecule has 3 nitrogen and oxygen atoms in total. The van der Waals surface area contributed by atoms with E-state index >= 15 is 0 Å². The average Bonchev–Trinajstić information content (AvgIpc) is 3.01. The van der Waals surface area contributed by atoms with Gasteiger partial charge in [0, 0.05) is 25.2 Å². The van der Waals surface area contributed by atoms with Crippen LogP contribution in [0.15, 0.2) is 42.5 Å². The molecule has 1 saturated heterocycles. The van der Waals surface area contributed by atoms with Crippen molar-refractivity contribution in [2.24, 2.45) is 0 Å². The third-order valence-corrected chi connectivity index (χ3v) is 5.45. The van der Waals surface area contributed by atoms with Crippen molar-refractivity contribution in [3.63, 3.8) is 0 Å². The van der Waals surface area contributed by atoms with Gasteiger partial charge in [-0.3, -0.25) is 4.79 Å². The van der Waals surface area contributed by atoms with Gasteiger partial charge in [-0.15, -0.1) is 11.3 Å². The second-order valence-electron chi connectivity index (χ2n) is 5.55. The van der Waals surface area contributed by atoms with Crippen LogP contribution in [0.1, 0.15) is 28.1 Å². The highest BCUT2D eigenvalue weighted by molar-refractivity contribution is 7.17. The molecule has 0 saturated carbocycles. The first kappa shape index (κ1) is 15.5. The van der Waals surface area contributed by atoms with Crippen molar-refractivity contribution in [1.82, 2.24) is 5.32 Å². The number of amides is 1. The molecule has 0 atom stereocenters. The molecule has 5 heteroatoms. The zero-order valence-electron chi connectivity index (χ0n) is 12.2. The highest BCUT2D eigenvalue weighted by Crippen LogP contribution is 2.34. The molecule has 1 aliphatic heterocycles. The Hall–Kier alpha value is -1.36. The van der Waals surface area contributed by atoms with E-state index in [2.05, 4.69) is 17.4 Å². The predicted molar refractivity (Wildman–Crippen MR) is 89.8 cm³/mol. The molecule has 0 aliphatic carbocycles. The third kappa shape index (κ3) is 3.35. The van der Waals surface area contributed by atoms with Crippen LogP contribution in [0.2, 0.25) is 4.34 Å². The van der Waals surface area contributed by atoms with E-state index in [1.54, 1.807) is 12.1 Å². The van der Waals surface area contributed by atoms with Crippen LogP contribution in [-0.2, 0) is 10.2 Å². The van der Waals surface area contributed by atoms with Gasteiger partial charge < -0.3 is 10.1 Å². The van der Waals surface area contributed by atoms with Gasteiger partial charge in [0.05, 0.1) is 9.21 Å². The topological polar surface area (TPSA) is 38.3 Å². The second-order valence-corrected chi connectivity index (χ2v) is 7.26. The number of hydrogen-bond donors (Lipinski definition) is 1. The Bertz CT molecular complexity index is 635. The molecule has 2 aromatic rings. The minimum Gasteiger partial charge on any atom is -0.381 e. The minimum absolute atomic E-state index is 0.0454. The number of nitrogens with one attached hydrogen (secondary N) is 1. The SMILES string of the molecule is O=C(NCC1(c2ccccc2)CCOCC1)c1ccc(Cl)s1. The van der Waals surface area contributed by atoms with Crippen LogP contribution >= 0.6 is 22.9 Å². The zero-order chi connectivity index (χ0) is 15.4. The van der Waals surface area contributed by atoms with E-state index in [0.29, 0.717) is 15.8 Å². The van der Waals surface area contributed by atoms with Gasteiger partial charge in [0.15, 0.2) is 0 Å². The van der Waals surface area contributed by atoms with Crippen LogP contribution in [0.5, 0.6) is 0 Å². The molecule has 1 aromatic carbocycles. The Morgan fingerprint density at radius 1 is 1.18 bits per heavy atom. The van der Waals surface area contributed by atoms with Crippen molar-refractivity contribution < 1.29 is 9.53 Å². The van der Waals surface area contributed by atoms with Crippen molar-refractivity contribution in [3.8, 4) is 0 Å². The monoisotopic (exact) mass is 335 g/mol. The molecule has 1 N–H and O–H groups in total. The molecule has 0 unspecified atom stereocenters. The molecule has 0 spiro atoms. The third-order valence-electron chi connectivity index (χ3n) is 4.22.